The smallest absolute Gasteiger partial charge is 0.258 e. The zero-order valence-corrected chi connectivity index (χ0v) is 13.3. The van der Waals surface area contributed by atoms with Gasteiger partial charge in [-0.2, -0.15) is 0 Å². The molecule has 5 heteroatoms. The summed E-state index contributed by atoms with van der Waals surface area (Å²) in [7, 11) is 0. The van der Waals surface area contributed by atoms with Gasteiger partial charge in [0.15, 0.2) is 18.1 Å². The standard InChI is InChI=1S/C19H19NO4/c1-2-5-15-6-3-4-7-16(15)22-12-19(21)20-11-14-8-9-17-18(10-14)24-13-23-17/h2-4,6-10H,1,5,11-13H2,(H,20,21). The van der Waals surface area contributed by atoms with Crippen LogP contribution in [-0.4, -0.2) is 19.3 Å². The molecule has 0 atom stereocenters. The summed E-state index contributed by atoms with van der Waals surface area (Å²) >= 11 is 0. The maximum atomic E-state index is 12.0. The third kappa shape index (κ3) is 3.87. The fourth-order valence-electron chi connectivity index (χ4n) is 2.41. The van der Waals surface area contributed by atoms with Crippen molar-refractivity contribution in [2.45, 2.75) is 13.0 Å². The van der Waals surface area contributed by atoms with Crippen LogP contribution in [0.15, 0.2) is 55.1 Å². The third-order valence-electron chi connectivity index (χ3n) is 3.62. The highest BCUT2D eigenvalue weighted by Crippen LogP contribution is 2.32. The average Bonchev–Trinajstić information content (AvgIpc) is 3.07. The molecule has 124 valence electrons. The lowest BCUT2D eigenvalue weighted by atomic mass is 10.1. The quantitative estimate of drug-likeness (QED) is 0.795. The first-order chi connectivity index (χ1) is 11.8. The summed E-state index contributed by atoms with van der Waals surface area (Å²) in [5, 5.41) is 2.83. The summed E-state index contributed by atoms with van der Waals surface area (Å²) in [6.45, 7) is 4.35. The van der Waals surface area contributed by atoms with Gasteiger partial charge in [0.2, 0.25) is 6.79 Å². The first-order valence-electron chi connectivity index (χ1n) is 7.73. The Hall–Kier alpha value is -2.95. The summed E-state index contributed by atoms with van der Waals surface area (Å²) in [5.41, 5.74) is 1.95. The number of rotatable bonds is 7. The minimum absolute atomic E-state index is 0.0291. The van der Waals surface area contributed by atoms with Gasteiger partial charge in [0.05, 0.1) is 0 Å². The number of ether oxygens (including phenoxy) is 3. The molecule has 0 radical (unpaired) electrons. The van der Waals surface area contributed by atoms with Crippen LogP contribution in [0.25, 0.3) is 0 Å². The number of allylic oxidation sites excluding steroid dienone is 1. The summed E-state index contributed by atoms with van der Waals surface area (Å²) in [6.07, 6.45) is 2.51. The van der Waals surface area contributed by atoms with Crippen LogP contribution in [0.3, 0.4) is 0 Å². The van der Waals surface area contributed by atoms with Gasteiger partial charge in [-0.3, -0.25) is 4.79 Å². The molecule has 0 saturated carbocycles. The average molecular weight is 325 g/mol. The molecule has 5 nitrogen and oxygen atoms in total. The highest BCUT2D eigenvalue weighted by Gasteiger charge is 2.13. The highest BCUT2D eigenvalue weighted by molar-refractivity contribution is 5.77. The van der Waals surface area contributed by atoms with Crippen LogP contribution >= 0.6 is 0 Å². The molecule has 0 saturated heterocycles. The van der Waals surface area contributed by atoms with Crippen molar-refractivity contribution in [2.24, 2.45) is 0 Å². The minimum Gasteiger partial charge on any atom is -0.483 e. The van der Waals surface area contributed by atoms with Crippen LogP contribution in [0.2, 0.25) is 0 Å². The third-order valence-corrected chi connectivity index (χ3v) is 3.62. The molecule has 2 aromatic carbocycles. The molecular formula is C19H19NO4. The number of nitrogens with one attached hydrogen (secondary N) is 1. The molecule has 1 amide bonds. The van der Waals surface area contributed by atoms with Crippen molar-refractivity contribution in [3.05, 3.63) is 66.2 Å². The molecular weight excluding hydrogens is 306 g/mol. The molecule has 1 heterocycles. The molecule has 0 aromatic heterocycles. The van der Waals surface area contributed by atoms with Gasteiger partial charge in [0.1, 0.15) is 5.75 Å². The lowest BCUT2D eigenvalue weighted by Gasteiger charge is -2.11. The van der Waals surface area contributed by atoms with E-state index in [1.807, 2.05) is 48.5 Å². The Morgan fingerprint density at radius 3 is 2.92 bits per heavy atom. The second-order valence-corrected chi connectivity index (χ2v) is 5.35. The van der Waals surface area contributed by atoms with Crippen molar-refractivity contribution < 1.29 is 19.0 Å². The predicted octanol–water partition coefficient (Wildman–Crippen LogP) is 2.84. The van der Waals surface area contributed by atoms with Gasteiger partial charge >= 0.3 is 0 Å². The van der Waals surface area contributed by atoms with Crippen LogP contribution in [0, 0.1) is 0 Å². The first-order valence-corrected chi connectivity index (χ1v) is 7.73. The summed E-state index contributed by atoms with van der Waals surface area (Å²) in [6, 6.07) is 13.2. The van der Waals surface area contributed by atoms with Crippen LogP contribution in [0.5, 0.6) is 17.2 Å². The Bertz CT molecular complexity index is 742. The van der Waals surface area contributed by atoms with Gasteiger partial charge in [-0.1, -0.05) is 30.3 Å². The molecule has 0 fully saturated rings. The van der Waals surface area contributed by atoms with E-state index in [0.717, 1.165) is 16.9 Å². The number of carbonyl (C=O) groups is 1. The maximum Gasteiger partial charge on any atom is 0.258 e. The molecule has 0 unspecified atom stereocenters. The van der Waals surface area contributed by atoms with Crippen molar-refractivity contribution in [1.82, 2.24) is 5.32 Å². The lowest BCUT2D eigenvalue weighted by molar-refractivity contribution is -0.123. The second-order valence-electron chi connectivity index (χ2n) is 5.35. The topological polar surface area (TPSA) is 56.8 Å². The van der Waals surface area contributed by atoms with E-state index in [9.17, 15) is 4.79 Å². The molecule has 1 N–H and O–H groups in total. The zero-order chi connectivity index (χ0) is 16.8. The molecule has 24 heavy (non-hydrogen) atoms. The Kier molecular flexibility index (Phi) is 5.01. The Labute approximate surface area is 140 Å². The fraction of sp³-hybridized carbons (Fsp3) is 0.211. The van der Waals surface area contributed by atoms with Crippen LogP contribution in [-0.2, 0) is 17.8 Å². The molecule has 0 bridgehead atoms. The normalized spacial score (nSPS) is 11.8. The van der Waals surface area contributed by atoms with E-state index in [2.05, 4.69) is 11.9 Å². The number of amides is 1. The molecule has 1 aliphatic heterocycles. The number of hydrogen-bond donors (Lipinski definition) is 1. The maximum absolute atomic E-state index is 12.0. The Morgan fingerprint density at radius 2 is 2.04 bits per heavy atom. The Morgan fingerprint density at radius 1 is 1.21 bits per heavy atom. The van der Waals surface area contributed by atoms with Gasteiger partial charge in [-0.15, -0.1) is 6.58 Å². The van der Waals surface area contributed by atoms with Crippen LogP contribution in [0.4, 0.5) is 0 Å². The van der Waals surface area contributed by atoms with E-state index in [0.29, 0.717) is 24.5 Å². The predicted molar refractivity (Wildman–Crippen MR) is 90.2 cm³/mol. The van der Waals surface area contributed by atoms with E-state index in [4.69, 9.17) is 14.2 Å². The lowest BCUT2D eigenvalue weighted by Crippen LogP contribution is -2.28. The number of para-hydroxylation sites is 1. The van der Waals surface area contributed by atoms with E-state index >= 15 is 0 Å². The van der Waals surface area contributed by atoms with E-state index < -0.39 is 0 Å². The van der Waals surface area contributed by atoms with Gasteiger partial charge in [-0.05, 0) is 35.7 Å². The van der Waals surface area contributed by atoms with E-state index in [1.165, 1.54) is 0 Å². The number of benzene rings is 2. The largest absolute Gasteiger partial charge is 0.483 e. The van der Waals surface area contributed by atoms with E-state index in [1.54, 1.807) is 0 Å². The minimum atomic E-state index is -0.180. The molecule has 0 aliphatic carbocycles. The van der Waals surface area contributed by atoms with Crippen molar-refractivity contribution in [1.29, 1.82) is 0 Å². The molecule has 1 aliphatic rings. The number of carbonyl (C=O) groups excluding carboxylic acids is 1. The van der Waals surface area contributed by atoms with Gasteiger partial charge in [0, 0.05) is 6.54 Å². The van der Waals surface area contributed by atoms with Crippen molar-refractivity contribution in [3.8, 4) is 17.2 Å². The van der Waals surface area contributed by atoms with Crippen LogP contribution < -0.4 is 19.5 Å². The number of fused-ring (bicyclic) bond motifs is 1. The molecule has 0 spiro atoms. The summed E-state index contributed by atoms with van der Waals surface area (Å²) in [4.78, 5) is 12.0. The zero-order valence-electron chi connectivity index (χ0n) is 13.3. The summed E-state index contributed by atoms with van der Waals surface area (Å²) in [5.74, 6) is 1.96. The second kappa shape index (κ2) is 7.55. The van der Waals surface area contributed by atoms with E-state index in [-0.39, 0.29) is 19.3 Å². The van der Waals surface area contributed by atoms with Crippen molar-refractivity contribution in [2.75, 3.05) is 13.4 Å². The highest BCUT2D eigenvalue weighted by atomic mass is 16.7. The van der Waals surface area contributed by atoms with Gasteiger partial charge in [-0.25, -0.2) is 0 Å². The number of hydrogen-bond acceptors (Lipinski definition) is 4. The van der Waals surface area contributed by atoms with Crippen molar-refractivity contribution in [3.63, 3.8) is 0 Å². The van der Waals surface area contributed by atoms with Crippen LogP contribution in [0.1, 0.15) is 11.1 Å². The summed E-state index contributed by atoms with van der Waals surface area (Å²) < 4.78 is 16.2. The van der Waals surface area contributed by atoms with Gasteiger partial charge in [0.25, 0.3) is 5.91 Å². The molecule has 2 aromatic rings. The van der Waals surface area contributed by atoms with Gasteiger partial charge < -0.3 is 19.5 Å². The molecule has 3 rings (SSSR count). The Balaban J connectivity index is 1.50. The fourth-order valence-corrected chi connectivity index (χ4v) is 2.41. The first kappa shape index (κ1) is 15.9. The monoisotopic (exact) mass is 325 g/mol. The SMILES string of the molecule is C=CCc1ccccc1OCC(=O)NCc1ccc2c(c1)OCO2. The van der Waals surface area contributed by atoms with Crippen molar-refractivity contribution >= 4 is 5.91 Å².